The summed E-state index contributed by atoms with van der Waals surface area (Å²) in [6, 6.07) is 22.2. The van der Waals surface area contributed by atoms with E-state index in [0.717, 1.165) is 5.52 Å². The number of aromatic nitrogens is 2. The van der Waals surface area contributed by atoms with Crippen LogP contribution in [0.4, 0.5) is 17.1 Å². The zero-order chi connectivity index (χ0) is 26.1. The summed E-state index contributed by atoms with van der Waals surface area (Å²) < 4.78 is 0. The number of halogens is 2. The number of nitrogens with one attached hydrogen (secondary N) is 2. The number of ketones is 1. The molecule has 5 aromatic rings. The third kappa shape index (κ3) is 5.14. The van der Waals surface area contributed by atoms with Gasteiger partial charge in [-0.05, 0) is 78.4 Å². The second kappa shape index (κ2) is 9.97. The smallest absolute Gasteiger partial charge is 0.255 e. The Kier molecular flexibility index (Phi) is 6.56. The van der Waals surface area contributed by atoms with E-state index in [4.69, 9.17) is 34.7 Å². The van der Waals surface area contributed by atoms with E-state index < -0.39 is 0 Å². The molecule has 9 heteroatoms. The summed E-state index contributed by atoms with van der Waals surface area (Å²) in [6.45, 7) is 0. The molecule has 0 bridgehead atoms. The van der Waals surface area contributed by atoms with E-state index >= 15 is 0 Å². The van der Waals surface area contributed by atoms with Gasteiger partial charge in [-0.15, -0.1) is 0 Å². The average molecular weight is 530 g/mol. The highest BCUT2D eigenvalue weighted by Gasteiger charge is 2.16. The van der Waals surface area contributed by atoms with Crippen molar-refractivity contribution in [2.75, 3.05) is 16.8 Å². The molecule has 184 valence electrons. The van der Waals surface area contributed by atoms with Gasteiger partial charge in [0.15, 0.2) is 5.78 Å². The molecule has 1 heterocycles. The van der Waals surface area contributed by atoms with Crippen LogP contribution >= 0.6 is 23.2 Å². The molecule has 0 saturated heterocycles. The Hall–Kier alpha value is -4.33. The second-order valence-electron chi connectivity index (χ2n) is 8.51. The van der Waals surface area contributed by atoms with Crippen LogP contribution in [-0.4, -0.2) is 21.7 Å². The third-order valence-corrected chi connectivity index (χ3v) is 6.65. The number of nitrogens with zero attached hydrogens (tertiary/aromatic N) is 1. The van der Waals surface area contributed by atoms with Gasteiger partial charge in [-0.1, -0.05) is 29.3 Å². The Morgan fingerprint density at radius 2 is 1.49 bits per heavy atom. The maximum absolute atomic E-state index is 12.7. The van der Waals surface area contributed by atoms with Crippen LogP contribution in [0.15, 0.2) is 78.9 Å². The van der Waals surface area contributed by atoms with Crippen molar-refractivity contribution in [2.24, 2.45) is 0 Å². The van der Waals surface area contributed by atoms with E-state index in [2.05, 4.69) is 15.3 Å². The van der Waals surface area contributed by atoms with Gasteiger partial charge >= 0.3 is 0 Å². The molecule has 0 unspecified atom stereocenters. The normalized spacial score (nSPS) is 11.0. The van der Waals surface area contributed by atoms with Gasteiger partial charge in [0, 0.05) is 34.5 Å². The van der Waals surface area contributed by atoms with Crippen LogP contribution in [0.5, 0.6) is 0 Å². The number of fused-ring (bicyclic) bond motifs is 1. The Balaban J connectivity index is 1.37. The fraction of sp³-hybridized carbons (Fsp3) is 0.0357. The number of carbonyl (C=O) groups excluding carboxylic acids is 2. The predicted molar refractivity (Wildman–Crippen MR) is 149 cm³/mol. The Bertz CT molecular complexity index is 1640. The summed E-state index contributed by atoms with van der Waals surface area (Å²) in [4.78, 5) is 33.1. The highest BCUT2D eigenvalue weighted by Crippen LogP contribution is 2.32. The van der Waals surface area contributed by atoms with Gasteiger partial charge in [-0.2, -0.15) is 0 Å². The molecule has 0 aliphatic heterocycles. The zero-order valence-corrected chi connectivity index (χ0v) is 20.9. The van der Waals surface area contributed by atoms with Crippen LogP contribution in [0.2, 0.25) is 10.0 Å². The van der Waals surface area contributed by atoms with Gasteiger partial charge in [0.2, 0.25) is 0 Å². The lowest BCUT2D eigenvalue weighted by atomic mass is 10.0. The Morgan fingerprint density at radius 1 is 0.838 bits per heavy atom. The second-order valence-corrected chi connectivity index (χ2v) is 9.30. The van der Waals surface area contributed by atoms with Crippen LogP contribution < -0.4 is 16.8 Å². The molecule has 0 aliphatic rings. The number of aromatic amines is 1. The third-order valence-electron chi connectivity index (χ3n) is 5.92. The summed E-state index contributed by atoms with van der Waals surface area (Å²) in [5.74, 6) is 0.184. The number of nitrogens with two attached hydrogens (primary N) is 2. The molecular formula is C28H21Cl2N5O2. The van der Waals surface area contributed by atoms with Crippen molar-refractivity contribution in [3.63, 3.8) is 0 Å². The molecular weight excluding hydrogens is 509 g/mol. The quantitative estimate of drug-likeness (QED) is 0.150. The number of hydrogen-bond acceptors (Lipinski definition) is 5. The highest BCUT2D eigenvalue weighted by atomic mass is 35.5. The first-order valence-corrected chi connectivity index (χ1v) is 12.1. The number of amides is 1. The molecule has 7 nitrogen and oxygen atoms in total. The molecule has 1 amide bonds. The summed E-state index contributed by atoms with van der Waals surface area (Å²) >= 11 is 13.1. The number of nitrogen functional groups attached to an aromatic ring is 2. The molecule has 0 aliphatic carbocycles. The fourth-order valence-electron chi connectivity index (χ4n) is 3.89. The van der Waals surface area contributed by atoms with Gasteiger partial charge in [-0.25, -0.2) is 4.98 Å². The molecule has 0 atom stereocenters. The van der Waals surface area contributed by atoms with E-state index in [1.165, 1.54) is 0 Å². The fourth-order valence-corrected chi connectivity index (χ4v) is 4.40. The number of Topliss-reactive ketones (excluding diaryl/α,β-unsaturated/α-hetero) is 1. The number of hydrogen-bond donors (Lipinski definition) is 4. The molecule has 5 rings (SSSR count). The van der Waals surface area contributed by atoms with Crippen molar-refractivity contribution < 1.29 is 9.59 Å². The predicted octanol–water partition coefficient (Wildman–Crippen LogP) is 6.38. The molecule has 37 heavy (non-hydrogen) atoms. The van der Waals surface area contributed by atoms with E-state index in [9.17, 15) is 9.59 Å². The molecule has 1 aromatic heterocycles. The SMILES string of the molecule is Nc1ccc(C(=O)Cc2ccc3[nH]c(-c4ccc(NC(=O)c5ccc(N)cc5)c(Cl)c4)nc3c2Cl)cc1. The highest BCUT2D eigenvalue weighted by molar-refractivity contribution is 6.36. The largest absolute Gasteiger partial charge is 0.399 e. The molecule has 0 radical (unpaired) electrons. The van der Waals surface area contributed by atoms with Crippen molar-refractivity contribution in [2.45, 2.75) is 6.42 Å². The van der Waals surface area contributed by atoms with E-state index in [1.807, 2.05) is 12.1 Å². The number of anilines is 3. The molecule has 6 N–H and O–H groups in total. The van der Waals surface area contributed by atoms with Gasteiger partial charge in [0.05, 0.1) is 21.2 Å². The van der Waals surface area contributed by atoms with Crippen LogP contribution in [0.1, 0.15) is 26.3 Å². The summed E-state index contributed by atoms with van der Waals surface area (Å²) in [5, 5.41) is 3.55. The standard InChI is InChI=1S/C28H21Cl2N5O2/c29-21-13-18(6-11-22(21)34-28(37)16-3-9-20(32)10-4-16)27-33-23-12-5-17(25(30)26(23)35-27)14-24(36)15-1-7-19(31)8-2-15/h1-13H,14,31-32H2,(H,33,35)(H,34,37). The van der Waals surface area contributed by atoms with Crippen molar-refractivity contribution >= 4 is 63.0 Å². The van der Waals surface area contributed by atoms with E-state index in [-0.39, 0.29) is 18.1 Å². The van der Waals surface area contributed by atoms with Crippen LogP contribution in [-0.2, 0) is 6.42 Å². The van der Waals surface area contributed by atoms with Crippen LogP contribution in [0, 0.1) is 0 Å². The first kappa shape index (κ1) is 24.4. The van der Waals surface area contributed by atoms with Gasteiger partial charge in [-0.3, -0.25) is 9.59 Å². The first-order valence-electron chi connectivity index (χ1n) is 11.3. The van der Waals surface area contributed by atoms with Crippen LogP contribution in [0.25, 0.3) is 22.4 Å². The zero-order valence-electron chi connectivity index (χ0n) is 19.4. The lowest BCUT2D eigenvalue weighted by Crippen LogP contribution is -2.12. The van der Waals surface area contributed by atoms with Gasteiger partial charge in [0.1, 0.15) is 11.3 Å². The van der Waals surface area contributed by atoms with Crippen molar-refractivity contribution in [1.82, 2.24) is 9.97 Å². The van der Waals surface area contributed by atoms with Crippen molar-refractivity contribution in [3.8, 4) is 11.4 Å². The van der Waals surface area contributed by atoms with E-state index in [1.54, 1.807) is 66.7 Å². The van der Waals surface area contributed by atoms with Crippen molar-refractivity contribution in [1.29, 1.82) is 0 Å². The monoisotopic (exact) mass is 529 g/mol. The maximum atomic E-state index is 12.7. The molecule has 4 aromatic carbocycles. The Labute approximate surface area is 222 Å². The topological polar surface area (TPSA) is 127 Å². The van der Waals surface area contributed by atoms with E-state index in [0.29, 0.717) is 60.7 Å². The van der Waals surface area contributed by atoms with Crippen LogP contribution in [0.3, 0.4) is 0 Å². The molecule has 0 spiro atoms. The number of imidazole rings is 1. The summed E-state index contributed by atoms with van der Waals surface area (Å²) in [5.41, 5.74) is 16.7. The van der Waals surface area contributed by atoms with Gasteiger partial charge < -0.3 is 21.8 Å². The Morgan fingerprint density at radius 3 is 2.14 bits per heavy atom. The number of H-pyrrole nitrogens is 1. The number of carbonyl (C=O) groups is 2. The summed E-state index contributed by atoms with van der Waals surface area (Å²) in [7, 11) is 0. The minimum atomic E-state index is -0.300. The number of rotatable bonds is 6. The van der Waals surface area contributed by atoms with Gasteiger partial charge in [0.25, 0.3) is 5.91 Å². The number of benzene rings is 4. The van der Waals surface area contributed by atoms with Crippen molar-refractivity contribution in [3.05, 3.63) is 106 Å². The summed E-state index contributed by atoms with van der Waals surface area (Å²) in [6.07, 6.45) is 0.134. The lowest BCUT2D eigenvalue weighted by Gasteiger charge is -2.08. The lowest BCUT2D eigenvalue weighted by molar-refractivity contribution is 0.0991. The average Bonchev–Trinajstić information content (AvgIpc) is 3.33. The maximum Gasteiger partial charge on any atom is 0.255 e. The first-order chi connectivity index (χ1) is 17.8. The minimum Gasteiger partial charge on any atom is -0.399 e. The molecule has 0 fully saturated rings. The molecule has 0 saturated carbocycles. The minimum absolute atomic E-state index is 0.0691.